The first-order valence-electron chi connectivity index (χ1n) is 7.73. The zero-order valence-corrected chi connectivity index (χ0v) is 15.9. The van der Waals surface area contributed by atoms with Crippen molar-refractivity contribution in [2.45, 2.75) is 13.3 Å². The molecular weight excluding hydrogens is 402 g/mol. The molecule has 0 aliphatic heterocycles. The molecule has 0 spiro atoms. The van der Waals surface area contributed by atoms with E-state index in [4.69, 9.17) is 4.74 Å². The number of anilines is 1. The van der Waals surface area contributed by atoms with Crippen molar-refractivity contribution in [1.29, 1.82) is 0 Å². The molecule has 0 aliphatic rings. The van der Waals surface area contributed by atoms with Gasteiger partial charge in [0.15, 0.2) is 0 Å². The number of hydrogen-bond donors (Lipinski definition) is 1. The van der Waals surface area contributed by atoms with Crippen LogP contribution < -0.4 is 5.43 Å². The standard InChI is InChI=1S/C18H16BrN3O2S/c1-2-24-16(23)9-14-11-25-18(21-14)22-20-10-13-8-7-12-5-3-4-6-15(12)17(13)19/h3-8,10-11H,2,9H2,1H3,(H,21,22). The Morgan fingerprint density at radius 1 is 1.36 bits per heavy atom. The maximum atomic E-state index is 11.5. The highest BCUT2D eigenvalue weighted by molar-refractivity contribution is 9.10. The Morgan fingerprint density at radius 3 is 3.04 bits per heavy atom. The third kappa shape index (κ3) is 4.43. The lowest BCUT2D eigenvalue weighted by Crippen LogP contribution is -2.07. The van der Waals surface area contributed by atoms with Gasteiger partial charge in [-0.1, -0.05) is 36.4 Å². The van der Waals surface area contributed by atoms with Gasteiger partial charge in [0.05, 0.1) is 24.9 Å². The number of fused-ring (bicyclic) bond motifs is 1. The number of nitrogens with zero attached hydrogens (tertiary/aromatic N) is 2. The predicted octanol–water partition coefficient (Wildman–Crippen LogP) is 4.61. The third-order valence-corrected chi connectivity index (χ3v) is 5.12. The summed E-state index contributed by atoms with van der Waals surface area (Å²) in [7, 11) is 0. The van der Waals surface area contributed by atoms with Gasteiger partial charge in [0.25, 0.3) is 0 Å². The van der Waals surface area contributed by atoms with Crippen molar-refractivity contribution in [2.75, 3.05) is 12.0 Å². The number of thiazole rings is 1. The molecule has 0 unspecified atom stereocenters. The van der Waals surface area contributed by atoms with Crippen LogP contribution in [0, 0.1) is 0 Å². The molecule has 1 N–H and O–H groups in total. The van der Waals surface area contributed by atoms with Gasteiger partial charge < -0.3 is 4.74 Å². The van der Waals surface area contributed by atoms with Crippen molar-refractivity contribution in [3.8, 4) is 0 Å². The molecule has 3 rings (SSSR count). The number of carbonyl (C=O) groups excluding carboxylic acids is 1. The van der Waals surface area contributed by atoms with Crippen LogP contribution in [0.15, 0.2) is 51.4 Å². The smallest absolute Gasteiger partial charge is 0.311 e. The van der Waals surface area contributed by atoms with E-state index in [0.717, 1.165) is 15.4 Å². The van der Waals surface area contributed by atoms with Gasteiger partial charge in [-0.25, -0.2) is 4.98 Å². The van der Waals surface area contributed by atoms with E-state index in [1.807, 2.05) is 23.6 Å². The highest BCUT2D eigenvalue weighted by Gasteiger charge is 2.08. The molecule has 1 aromatic heterocycles. The summed E-state index contributed by atoms with van der Waals surface area (Å²) in [4.78, 5) is 15.8. The average molecular weight is 418 g/mol. The van der Waals surface area contributed by atoms with Gasteiger partial charge in [0, 0.05) is 15.4 Å². The molecule has 0 fully saturated rings. The molecule has 0 amide bonds. The first kappa shape index (κ1) is 17.6. The van der Waals surface area contributed by atoms with E-state index >= 15 is 0 Å². The predicted molar refractivity (Wildman–Crippen MR) is 105 cm³/mol. The SMILES string of the molecule is CCOC(=O)Cc1csc(NN=Cc2ccc3ccccc3c2Br)n1. The fourth-order valence-corrected chi connectivity index (χ4v) is 3.56. The van der Waals surface area contributed by atoms with Crippen LogP contribution in [0.5, 0.6) is 0 Å². The lowest BCUT2D eigenvalue weighted by atomic mass is 10.1. The van der Waals surface area contributed by atoms with E-state index in [0.29, 0.717) is 17.4 Å². The van der Waals surface area contributed by atoms with Crippen molar-refractivity contribution in [3.05, 3.63) is 57.5 Å². The number of esters is 1. The molecule has 0 aliphatic carbocycles. The number of halogens is 1. The van der Waals surface area contributed by atoms with E-state index in [1.165, 1.54) is 16.7 Å². The number of nitrogens with one attached hydrogen (secondary N) is 1. The van der Waals surface area contributed by atoms with Gasteiger partial charge in [-0.05, 0) is 33.6 Å². The molecule has 25 heavy (non-hydrogen) atoms. The highest BCUT2D eigenvalue weighted by atomic mass is 79.9. The molecule has 0 atom stereocenters. The van der Waals surface area contributed by atoms with E-state index in [9.17, 15) is 4.79 Å². The summed E-state index contributed by atoms with van der Waals surface area (Å²) in [6.45, 7) is 2.16. The molecule has 1 heterocycles. The molecule has 0 bridgehead atoms. The average Bonchev–Trinajstić information content (AvgIpc) is 3.04. The molecule has 2 aromatic carbocycles. The molecule has 0 radical (unpaired) electrons. The largest absolute Gasteiger partial charge is 0.466 e. The Hall–Kier alpha value is -2.25. The molecule has 7 heteroatoms. The first-order chi connectivity index (χ1) is 12.2. The van der Waals surface area contributed by atoms with Crippen LogP contribution in [0.25, 0.3) is 10.8 Å². The zero-order valence-electron chi connectivity index (χ0n) is 13.5. The maximum absolute atomic E-state index is 11.5. The Kier molecular flexibility index (Phi) is 5.78. The minimum absolute atomic E-state index is 0.173. The van der Waals surface area contributed by atoms with Gasteiger partial charge in [0.2, 0.25) is 5.13 Å². The molecule has 0 saturated heterocycles. The normalized spacial score (nSPS) is 11.1. The van der Waals surface area contributed by atoms with E-state index in [2.05, 4.69) is 49.6 Å². The maximum Gasteiger partial charge on any atom is 0.311 e. The van der Waals surface area contributed by atoms with Crippen LogP contribution in [-0.2, 0) is 16.0 Å². The van der Waals surface area contributed by atoms with Crippen LogP contribution in [-0.4, -0.2) is 23.8 Å². The minimum atomic E-state index is -0.275. The summed E-state index contributed by atoms with van der Waals surface area (Å²) in [5.74, 6) is -0.275. The Labute approximate surface area is 157 Å². The Bertz CT molecular complexity index is 924. The van der Waals surface area contributed by atoms with Gasteiger partial charge in [-0.3, -0.25) is 10.2 Å². The highest BCUT2D eigenvalue weighted by Crippen LogP contribution is 2.26. The lowest BCUT2D eigenvalue weighted by molar-refractivity contribution is -0.142. The summed E-state index contributed by atoms with van der Waals surface area (Å²) >= 11 is 5.03. The summed E-state index contributed by atoms with van der Waals surface area (Å²) in [6.07, 6.45) is 1.91. The number of rotatable bonds is 6. The van der Waals surface area contributed by atoms with Crippen LogP contribution >= 0.6 is 27.3 Å². The van der Waals surface area contributed by atoms with Gasteiger partial charge in [-0.15, -0.1) is 11.3 Å². The van der Waals surface area contributed by atoms with Crippen LogP contribution in [0.1, 0.15) is 18.2 Å². The van der Waals surface area contributed by atoms with Gasteiger partial charge >= 0.3 is 5.97 Å². The van der Waals surface area contributed by atoms with Gasteiger partial charge in [-0.2, -0.15) is 5.10 Å². The first-order valence-corrected chi connectivity index (χ1v) is 9.41. The summed E-state index contributed by atoms with van der Waals surface area (Å²) < 4.78 is 5.91. The van der Waals surface area contributed by atoms with Crippen molar-refractivity contribution < 1.29 is 9.53 Å². The fourth-order valence-electron chi connectivity index (χ4n) is 2.31. The molecule has 5 nitrogen and oxygen atoms in total. The van der Waals surface area contributed by atoms with Crippen molar-refractivity contribution in [3.63, 3.8) is 0 Å². The lowest BCUT2D eigenvalue weighted by Gasteiger charge is -2.03. The fraction of sp³-hybridized carbons (Fsp3) is 0.167. The zero-order chi connectivity index (χ0) is 17.6. The molecule has 128 valence electrons. The quantitative estimate of drug-likeness (QED) is 0.361. The Morgan fingerprint density at radius 2 is 2.20 bits per heavy atom. The van der Waals surface area contributed by atoms with E-state index in [-0.39, 0.29) is 12.4 Å². The summed E-state index contributed by atoms with van der Waals surface area (Å²) in [6, 6.07) is 12.2. The topological polar surface area (TPSA) is 63.6 Å². The summed E-state index contributed by atoms with van der Waals surface area (Å²) in [5, 5.41) is 8.99. The van der Waals surface area contributed by atoms with E-state index < -0.39 is 0 Å². The van der Waals surface area contributed by atoms with Crippen LogP contribution in [0.2, 0.25) is 0 Å². The van der Waals surface area contributed by atoms with Crippen LogP contribution in [0.3, 0.4) is 0 Å². The number of aromatic nitrogens is 1. The monoisotopic (exact) mass is 417 g/mol. The van der Waals surface area contributed by atoms with Gasteiger partial charge in [0.1, 0.15) is 0 Å². The second-order valence-electron chi connectivity index (χ2n) is 5.19. The van der Waals surface area contributed by atoms with Crippen molar-refractivity contribution in [2.24, 2.45) is 5.10 Å². The van der Waals surface area contributed by atoms with Crippen LogP contribution in [0.4, 0.5) is 5.13 Å². The van der Waals surface area contributed by atoms with E-state index in [1.54, 1.807) is 13.1 Å². The second kappa shape index (κ2) is 8.22. The number of hydrogen-bond acceptors (Lipinski definition) is 6. The molecule has 3 aromatic rings. The van der Waals surface area contributed by atoms with Crippen molar-refractivity contribution in [1.82, 2.24) is 4.98 Å². The number of ether oxygens (including phenoxy) is 1. The number of hydrazone groups is 1. The Balaban J connectivity index is 1.67. The molecule has 0 saturated carbocycles. The summed E-state index contributed by atoms with van der Waals surface area (Å²) in [5.41, 5.74) is 4.54. The minimum Gasteiger partial charge on any atom is -0.466 e. The number of benzene rings is 2. The second-order valence-corrected chi connectivity index (χ2v) is 6.84. The van der Waals surface area contributed by atoms with Crippen molar-refractivity contribution >= 4 is 55.4 Å². The number of carbonyl (C=O) groups is 1. The third-order valence-electron chi connectivity index (χ3n) is 3.44. The molecular formula is C18H16BrN3O2S.